The van der Waals surface area contributed by atoms with Gasteiger partial charge >= 0.3 is 0 Å². The van der Waals surface area contributed by atoms with Gasteiger partial charge in [-0.2, -0.15) is 5.01 Å². The van der Waals surface area contributed by atoms with Crippen molar-refractivity contribution in [1.29, 1.82) is 0 Å². The zero-order chi connectivity index (χ0) is 24.7. The third-order valence-electron chi connectivity index (χ3n) is 7.61. The first kappa shape index (κ1) is 25.3. The predicted molar refractivity (Wildman–Crippen MR) is 150 cm³/mol. The van der Waals surface area contributed by atoms with Crippen LogP contribution in [0.25, 0.3) is 6.08 Å². The van der Waals surface area contributed by atoms with Crippen molar-refractivity contribution in [1.82, 2.24) is 10.4 Å². The fourth-order valence-corrected chi connectivity index (χ4v) is 8.56. The molecule has 1 N–H and O–H groups in total. The largest absolute Gasteiger partial charge is 0.490 e. The average Bonchev–Trinajstić information content (AvgIpc) is 3.05. The van der Waals surface area contributed by atoms with E-state index in [2.05, 4.69) is 34.9 Å². The van der Waals surface area contributed by atoms with Gasteiger partial charge in [0.2, 0.25) is 5.91 Å². The van der Waals surface area contributed by atoms with E-state index in [0.29, 0.717) is 45.9 Å². The van der Waals surface area contributed by atoms with Crippen molar-refractivity contribution in [3.8, 4) is 11.5 Å². The lowest BCUT2D eigenvalue weighted by molar-refractivity contribution is -0.152. The van der Waals surface area contributed by atoms with Crippen LogP contribution in [0.5, 0.6) is 11.5 Å². The molecule has 5 fully saturated rings. The predicted octanol–water partition coefficient (Wildman–Crippen LogP) is 5.93. The number of carbonyl (C=O) groups excluding carboxylic acids is 2. The summed E-state index contributed by atoms with van der Waals surface area (Å²) in [5.41, 5.74) is 3.42. The molecule has 4 saturated carbocycles. The van der Waals surface area contributed by atoms with Crippen molar-refractivity contribution in [3.05, 3.63) is 26.2 Å². The molecule has 6 nitrogen and oxygen atoms in total. The highest BCUT2D eigenvalue weighted by molar-refractivity contribution is 14.1. The number of carbonyl (C=O) groups is 2. The van der Waals surface area contributed by atoms with Crippen LogP contribution >= 0.6 is 46.6 Å². The maximum atomic E-state index is 13.5. The molecular weight excluding hydrogens is 595 g/mol. The topological polar surface area (TPSA) is 67.9 Å². The second-order valence-electron chi connectivity index (χ2n) is 10.3. The molecule has 6 rings (SSSR count). The number of benzene rings is 1. The summed E-state index contributed by atoms with van der Waals surface area (Å²) in [7, 11) is 0. The van der Waals surface area contributed by atoms with E-state index in [0.717, 1.165) is 40.6 Å². The number of rotatable bonds is 8. The minimum Gasteiger partial charge on any atom is -0.490 e. The Hall–Kier alpha value is -1.33. The Kier molecular flexibility index (Phi) is 7.38. The molecule has 1 aromatic carbocycles. The summed E-state index contributed by atoms with van der Waals surface area (Å²) in [4.78, 5) is 27.2. The van der Waals surface area contributed by atoms with Gasteiger partial charge in [-0.25, -0.2) is 0 Å². The highest BCUT2D eigenvalue weighted by Gasteiger charge is 2.55. The second-order valence-corrected chi connectivity index (χ2v) is 13.1. The highest BCUT2D eigenvalue weighted by atomic mass is 127. The standard InChI is InChI=1S/C26H31IN2O4S2/c1-3-5-33-22-19(27)9-15(10-20(22)32-4-2)11-21-23(30)29(25(34)35-21)28-24(31)26-12-16-6-17(13-26)8-18(7-16)14-26/h9-11,16-18H,3-8,12-14H2,1-2H3,(H,28,31)/b21-11-. The summed E-state index contributed by atoms with van der Waals surface area (Å²) in [5.74, 6) is 3.04. The molecule has 0 unspecified atom stereocenters. The van der Waals surface area contributed by atoms with Gasteiger partial charge in [0.05, 0.1) is 27.1 Å². The number of nitrogens with one attached hydrogen (secondary N) is 1. The molecule has 1 saturated heterocycles. The van der Waals surface area contributed by atoms with Crippen LogP contribution in [0.15, 0.2) is 17.0 Å². The number of ether oxygens (including phenoxy) is 2. The molecule has 188 valence electrons. The van der Waals surface area contributed by atoms with Gasteiger partial charge in [-0.15, -0.1) is 0 Å². The Bertz CT molecular complexity index is 1050. The summed E-state index contributed by atoms with van der Waals surface area (Å²) in [6, 6.07) is 3.85. The lowest BCUT2D eigenvalue weighted by Crippen LogP contribution is -2.57. The van der Waals surface area contributed by atoms with Crippen LogP contribution in [0.3, 0.4) is 0 Å². The molecule has 2 amide bonds. The van der Waals surface area contributed by atoms with E-state index < -0.39 is 0 Å². The van der Waals surface area contributed by atoms with Crippen LogP contribution in [0.1, 0.15) is 64.4 Å². The summed E-state index contributed by atoms with van der Waals surface area (Å²) in [6.07, 6.45) is 9.34. The maximum absolute atomic E-state index is 13.5. The van der Waals surface area contributed by atoms with Crippen molar-refractivity contribution in [2.75, 3.05) is 13.2 Å². The van der Waals surface area contributed by atoms with Gasteiger partial charge in [0.15, 0.2) is 15.8 Å². The van der Waals surface area contributed by atoms with E-state index in [1.807, 2.05) is 25.1 Å². The molecule has 0 atom stereocenters. The van der Waals surface area contributed by atoms with Crippen molar-refractivity contribution in [2.24, 2.45) is 23.2 Å². The summed E-state index contributed by atoms with van der Waals surface area (Å²) < 4.78 is 13.0. The summed E-state index contributed by atoms with van der Waals surface area (Å²) >= 11 is 8.95. The van der Waals surface area contributed by atoms with Gasteiger partial charge < -0.3 is 9.47 Å². The molecular formula is C26H31IN2O4S2. The molecule has 5 aliphatic rings. The zero-order valence-electron chi connectivity index (χ0n) is 20.1. The van der Waals surface area contributed by atoms with Gasteiger partial charge in [0.25, 0.3) is 5.91 Å². The van der Waals surface area contributed by atoms with Gasteiger partial charge in [-0.3, -0.25) is 15.0 Å². The Morgan fingerprint density at radius 2 is 1.86 bits per heavy atom. The van der Waals surface area contributed by atoms with Gasteiger partial charge in [0, 0.05) is 0 Å². The maximum Gasteiger partial charge on any atom is 0.285 e. The molecule has 4 aliphatic carbocycles. The summed E-state index contributed by atoms with van der Waals surface area (Å²) in [5, 5.41) is 1.28. The van der Waals surface area contributed by atoms with Crippen LogP contribution in [0, 0.1) is 26.7 Å². The number of hydrogen-bond donors (Lipinski definition) is 1. The molecule has 4 bridgehead atoms. The normalized spacial score (nSPS) is 30.3. The molecule has 0 aromatic heterocycles. The minimum atomic E-state index is -0.335. The number of amides is 2. The third kappa shape index (κ3) is 4.97. The van der Waals surface area contributed by atoms with E-state index in [1.54, 1.807) is 0 Å². The van der Waals surface area contributed by atoms with E-state index in [4.69, 9.17) is 21.7 Å². The van der Waals surface area contributed by atoms with E-state index in [1.165, 1.54) is 36.0 Å². The van der Waals surface area contributed by atoms with E-state index >= 15 is 0 Å². The molecule has 0 radical (unpaired) electrons. The Balaban J connectivity index is 1.33. The first-order valence-corrected chi connectivity index (χ1v) is 14.8. The van der Waals surface area contributed by atoms with Crippen molar-refractivity contribution < 1.29 is 19.1 Å². The second kappa shape index (κ2) is 10.2. The van der Waals surface area contributed by atoms with Crippen LogP contribution in [-0.2, 0) is 9.59 Å². The fraction of sp³-hybridized carbons (Fsp3) is 0.577. The molecule has 0 spiro atoms. The smallest absolute Gasteiger partial charge is 0.285 e. The molecule has 1 aromatic rings. The van der Waals surface area contributed by atoms with Crippen LogP contribution in [0.4, 0.5) is 0 Å². The van der Waals surface area contributed by atoms with Crippen LogP contribution < -0.4 is 14.9 Å². The highest BCUT2D eigenvalue weighted by Crippen LogP contribution is 2.60. The average molecular weight is 627 g/mol. The minimum absolute atomic E-state index is 0.0280. The Morgan fingerprint density at radius 3 is 2.46 bits per heavy atom. The first-order valence-electron chi connectivity index (χ1n) is 12.5. The number of nitrogens with zero attached hydrogens (tertiary/aromatic N) is 1. The lowest BCUT2D eigenvalue weighted by atomic mass is 9.49. The number of thioether (sulfide) groups is 1. The molecule has 1 aliphatic heterocycles. The van der Waals surface area contributed by atoms with Crippen molar-refractivity contribution in [2.45, 2.75) is 58.8 Å². The van der Waals surface area contributed by atoms with E-state index in [-0.39, 0.29) is 17.2 Å². The number of halogens is 1. The van der Waals surface area contributed by atoms with Gasteiger partial charge in [-0.1, -0.05) is 18.7 Å². The number of hydrogen-bond acceptors (Lipinski definition) is 6. The first-order chi connectivity index (χ1) is 16.8. The van der Waals surface area contributed by atoms with Crippen LogP contribution in [-0.4, -0.2) is 34.4 Å². The third-order valence-corrected chi connectivity index (χ3v) is 9.71. The quantitative estimate of drug-likeness (QED) is 0.219. The molecule has 9 heteroatoms. The zero-order valence-corrected chi connectivity index (χ0v) is 23.9. The van der Waals surface area contributed by atoms with E-state index in [9.17, 15) is 9.59 Å². The monoisotopic (exact) mass is 626 g/mol. The van der Waals surface area contributed by atoms with Crippen molar-refractivity contribution in [3.63, 3.8) is 0 Å². The van der Waals surface area contributed by atoms with Crippen LogP contribution in [0.2, 0.25) is 0 Å². The van der Waals surface area contributed by atoms with Gasteiger partial charge in [-0.05, 0) is 128 Å². The molecule has 1 heterocycles. The lowest BCUT2D eigenvalue weighted by Gasteiger charge is -2.55. The SMILES string of the molecule is CCCOc1c(I)cc(/C=C2\SC(=S)N(NC(=O)C34CC5CC(CC(C5)C3)C4)C2=O)cc1OCC. The Labute approximate surface area is 230 Å². The molecule has 35 heavy (non-hydrogen) atoms. The van der Waals surface area contributed by atoms with Crippen molar-refractivity contribution >= 4 is 68.8 Å². The summed E-state index contributed by atoms with van der Waals surface area (Å²) in [6.45, 7) is 5.12. The van der Waals surface area contributed by atoms with Gasteiger partial charge in [0.1, 0.15) is 0 Å². The number of thiocarbonyl (C=S) groups is 1. The number of hydrazine groups is 1. The fourth-order valence-electron chi connectivity index (χ4n) is 6.60. The Morgan fingerprint density at radius 1 is 1.20 bits per heavy atom.